The van der Waals surface area contributed by atoms with Gasteiger partial charge in [0.2, 0.25) is 5.91 Å². The maximum Gasteiger partial charge on any atom is 0.409 e. The van der Waals surface area contributed by atoms with Crippen molar-refractivity contribution < 1.29 is 19.1 Å². The van der Waals surface area contributed by atoms with Crippen LogP contribution in [0.15, 0.2) is 42.7 Å². The normalized spacial score (nSPS) is 17.7. The smallest absolute Gasteiger partial charge is 0.409 e. The summed E-state index contributed by atoms with van der Waals surface area (Å²) in [4.78, 5) is 30.3. The molecule has 33 heavy (non-hydrogen) atoms. The summed E-state index contributed by atoms with van der Waals surface area (Å²) in [6.07, 6.45) is 5.03. The Kier molecular flexibility index (Phi) is 7.83. The number of benzene rings is 1. The van der Waals surface area contributed by atoms with E-state index < -0.39 is 0 Å². The van der Waals surface area contributed by atoms with Gasteiger partial charge in [-0.05, 0) is 30.7 Å². The van der Waals surface area contributed by atoms with E-state index in [0.29, 0.717) is 32.8 Å². The monoisotopic (exact) mass is 455 g/mol. The second kappa shape index (κ2) is 11.2. The van der Waals surface area contributed by atoms with Crippen molar-refractivity contribution in [1.82, 2.24) is 24.5 Å². The summed E-state index contributed by atoms with van der Waals surface area (Å²) in [6.45, 7) is 7.79. The van der Waals surface area contributed by atoms with Crippen LogP contribution >= 0.6 is 0 Å². The molecule has 9 nitrogen and oxygen atoms in total. The first-order valence-electron chi connectivity index (χ1n) is 11.8. The van der Waals surface area contributed by atoms with Crippen LogP contribution in [-0.4, -0.2) is 88.5 Å². The Morgan fingerprint density at radius 2 is 1.82 bits per heavy atom. The van der Waals surface area contributed by atoms with Crippen molar-refractivity contribution in [3.05, 3.63) is 48.3 Å². The van der Waals surface area contributed by atoms with Crippen molar-refractivity contribution >= 4 is 12.0 Å². The fourth-order valence-electron chi connectivity index (χ4n) is 4.33. The van der Waals surface area contributed by atoms with E-state index in [9.17, 15) is 9.59 Å². The number of carbonyl (C=O) groups is 2. The fraction of sp³-hybridized carbons (Fsp3) is 0.542. The maximum absolute atomic E-state index is 12.4. The molecule has 2 aliphatic heterocycles. The van der Waals surface area contributed by atoms with E-state index in [2.05, 4.69) is 22.1 Å². The topological polar surface area (TPSA) is 80.1 Å². The average Bonchev–Trinajstić information content (AvgIpc) is 3.33. The first kappa shape index (κ1) is 23.1. The molecule has 0 saturated carbocycles. The van der Waals surface area contributed by atoms with E-state index >= 15 is 0 Å². The van der Waals surface area contributed by atoms with Crippen LogP contribution in [0.2, 0.25) is 0 Å². The maximum atomic E-state index is 12.4. The van der Waals surface area contributed by atoms with Crippen LogP contribution < -0.4 is 4.74 Å². The molecule has 2 saturated heterocycles. The van der Waals surface area contributed by atoms with Crippen LogP contribution in [0.25, 0.3) is 0 Å². The SMILES string of the molecule is CCOC(=O)N1CCN(Cc2cccc(OC3CCN(C(=O)Cn4cccn4)CC3)c2)CC1. The molecule has 1 aromatic carbocycles. The van der Waals surface area contributed by atoms with Gasteiger partial charge in [-0.3, -0.25) is 14.4 Å². The van der Waals surface area contributed by atoms with Crippen molar-refractivity contribution in [2.75, 3.05) is 45.9 Å². The third-order valence-electron chi connectivity index (χ3n) is 6.16. The van der Waals surface area contributed by atoms with Crippen LogP contribution in [0.3, 0.4) is 0 Å². The van der Waals surface area contributed by atoms with Gasteiger partial charge in [0.1, 0.15) is 18.4 Å². The van der Waals surface area contributed by atoms with Gasteiger partial charge >= 0.3 is 6.09 Å². The summed E-state index contributed by atoms with van der Waals surface area (Å²) in [5, 5.41) is 4.11. The molecular weight excluding hydrogens is 422 g/mol. The van der Waals surface area contributed by atoms with Crippen LogP contribution in [0, 0.1) is 0 Å². The second-order valence-corrected chi connectivity index (χ2v) is 8.51. The second-order valence-electron chi connectivity index (χ2n) is 8.51. The summed E-state index contributed by atoms with van der Waals surface area (Å²) in [5.74, 6) is 0.973. The molecule has 0 bridgehead atoms. The minimum Gasteiger partial charge on any atom is -0.490 e. The van der Waals surface area contributed by atoms with E-state index in [4.69, 9.17) is 9.47 Å². The van der Waals surface area contributed by atoms with Gasteiger partial charge in [0.05, 0.1) is 6.61 Å². The van der Waals surface area contributed by atoms with Gasteiger partial charge in [0.25, 0.3) is 0 Å². The third-order valence-corrected chi connectivity index (χ3v) is 6.16. The highest BCUT2D eigenvalue weighted by Crippen LogP contribution is 2.21. The summed E-state index contributed by atoms with van der Waals surface area (Å²) in [7, 11) is 0. The van der Waals surface area contributed by atoms with Crippen LogP contribution in [0.5, 0.6) is 5.75 Å². The molecule has 3 heterocycles. The molecule has 4 rings (SSSR count). The predicted octanol–water partition coefficient (Wildman–Crippen LogP) is 2.23. The molecule has 0 unspecified atom stereocenters. The Labute approximate surface area is 194 Å². The average molecular weight is 456 g/mol. The number of carbonyl (C=O) groups excluding carboxylic acids is 2. The first-order chi connectivity index (χ1) is 16.1. The first-order valence-corrected chi connectivity index (χ1v) is 11.8. The predicted molar refractivity (Wildman–Crippen MR) is 123 cm³/mol. The Bertz CT molecular complexity index is 903. The van der Waals surface area contributed by atoms with Gasteiger partial charge < -0.3 is 19.3 Å². The molecule has 0 spiro atoms. The molecule has 0 radical (unpaired) electrons. The zero-order valence-electron chi connectivity index (χ0n) is 19.3. The standard InChI is InChI=1S/C24H33N5O4/c1-2-32-24(31)28-15-13-26(14-16-28)18-20-5-3-6-22(17-20)33-21-7-11-27(12-8-21)23(30)19-29-10-4-9-25-29/h3-6,9-10,17,21H,2,7-8,11-16,18-19H2,1H3. The van der Waals surface area contributed by atoms with Crippen molar-refractivity contribution in [3.8, 4) is 5.75 Å². The molecule has 2 fully saturated rings. The highest BCUT2D eigenvalue weighted by molar-refractivity contribution is 5.76. The Morgan fingerprint density at radius 1 is 1.03 bits per heavy atom. The zero-order valence-corrected chi connectivity index (χ0v) is 19.3. The highest BCUT2D eigenvalue weighted by atomic mass is 16.6. The van der Waals surface area contributed by atoms with E-state index in [1.165, 1.54) is 5.56 Å². The lowest BCUT2D eigenvalue weighted by Crippen LogP contribution is -2.48. The van der Waals surface area contributed by atoms with E-state index in [1.54, 1.807) is 22.0 Å². The number of nitrogens with zero attached hydrogens (tertiary/aromatic N) is 5. The number of hydrogen-bond donors (Lipinski definition) is 0. The quantitative estimate of drug-likeness (QED) is 0.637. The molecule has 0 atom stereocenters. The molecule has 0 N–H and O–H groups in total. The highest BCUT2D eigenvalue weighted by Gasteiger charge is 2.25. The van der Waals surface area contributed by atoms with E-state index in [1.807, 2.05) is 30.0 Å². The van der Waals surface area contributed by atoms with Crippen LogP contribution in [0.4, 0.5) is 4.79 Å². The summed E-state index contributed by atoms with van der Waals surface area (Å²) >= 11 is 0. The van der Waals surface area contributed by atoms with Gasteiger partial charge in [0, 0.05) is 71.0 Å². The molecule has 2 aliphatic rings. The van der Waals surface area contributed by atoms with Gasteiger partial charge in [0.15, 0.2) is 0 Å². The number of hydrogen-bond acceptors (Lipinski definition) is 6. The number of likely N-dealkylation sites (tertiary alicyclic amines) is 1. The van der Waals surface area contributed by atoms with Crippen LogP contribution in [0.1, 0.15) is 25.3 Å². The van der Waals surface area contributed by atoms with Crippen molar-refractivity contribution in [2.24, 2.45) is 0 Å². The number of piperazine rings is 1. The molecule has 2 amide bonds. The van der Waals surface area contributed by atoms with Crippen molar-refractivity contribution in [1.29, 1.82) is 0 Å². The molecule has 9 heteroatoms. The van der Waals surface area contributed by atoms with Crippen LogP contribution in [-0.2, 0) is 22.6 Å². The van der Waals surface area contributed by atoms with Gasteiger partial charge in [-0.2, -0.15) is 5.10 Å². The minimum atomic E-state index is -0.221. The largest absolute Gasteiger partial charge is 0.490 e. The van der Waals surface area contributed by atoms with Crippen molar-refractivity contribution in [2.45, 2.75) is 39.0 Å². The third kappa shape index (κ3) is 6.47. The molecule has 178 valence electrons. The summed E-state index contributed by atoms with van der Waals surface area (Å²) in [5.41, 5.74) is 1.20. The van der Waals surface area contributed by atoms with Gasteiger partial charge in [-0.1, -0.05) is 12.1 Å². The molecular formula is C24H33N5O4. The van der Waals surface area contributed by atoms with Crippen molar-refractivity contribution in [3.63, 3.8) is 0 Å². The number of amides is 2. The Hall–Kier alpha value is -3.07. The fourth-order valence-corrected chi connectivity index (χ4v) is 4.33. The summed E-state index contributed by atoms with van der Waals surface area (Å²) in [6, 6.07) is 10.1. The number of rotatable bonds is 7. The van der Waals surface area contributed by atoms with Gasteiger partial charge in [-0.15, -0.1) is 0 Å². The lowest BCUT2D eigenvalue weighted by Gasteiger charge is -2.34. The summed E-state index contributed by atoms with van der Waals surface area (Å²) < 4.78 is 13.0. The molecule has 1 aromatic heterocycles. The Balaban J connectivity index is 1.21. The lowest BCUT2D eigenvalue weighted by atomic mass is 10.1. The number of piperidine rings is 1. The minimum absolute atomic E-state index is 0.0993. The zero-order chi connectivity index (χ0) is 23.0. The Morgan fingerprint density at radius 3 is 2.52 bits per heavy atom. The van der Waals surface area contributed by atoms with Gasteiger partial charge in [-0.25, -0.2) is 4.79 Å². The number of aromatic nitrogens is 2. The molecule has 2 aromatic rings. The van der Waals surface area contributed by atoms with E-state index in [0.717, 1.165) is 38.2 Å². The van der Waals surface area contributed by atoms with E-state index in [-0.39, 0.29) is 24.6 Å². The number of ether oxygens (including phenoxy) is 2. The lowest BCUT2D eigenvalue weighted by molar-refractivity contribution is -0.133. The molecule has 0 aliphatic carbocycles.